The lowest BCUT2D eigenvalue weighted by molar-refractivity contribution is 0.138. The van der Waals surface area contributed by atoms with Gasteiger partial charge in [-0.05, 0) is 25.5 Å². The Balaban J connectivity index is 2.20. The van der Waals surface area contributed by atoms with Gasteiger partial charge in [-0.1, -0.05) is 6.07 Å². The number of nitrogen functional groups attached to an aromatic ring is 1. The number of aliphatic hydroxyl groups is 1. The third kappa shape index (κ3) is 2.06. The number of aliphatic hydroxyl groups excluding tert-OH is 1. The molecule has 2 atom stereocenters. The van der Waals surface area contributed by atoms with Crippen LogP contribution in [0.4, 0.5) is 5.69 Å². The monoisotopic (exact) mass is 208 g/mol. The van der Waals surface area contributed by atoms with Crippen LogP contribution >= 0.6 is 0 Å². The van der Waals surface area contributed by atoms with Crippen molar-refractivity contribution in [3.63, 3.8) is 0 Å². The molecule has 2 unspecified atom stereocenters. The summed E-state index contributed by atoms with van der Waals surface area (Å²) < 4.78 is 0. The maximum atomic E-state index is 10.1. The molecule has 1 aliphatic heterocycles. The van der Waals surface area contributed by atoms with Crippen LogP contribution in [0.2, 0.25) is 0 Å². The molecule has 1 fully saturated rings. The van der Waals surface area contributed by atoms with Gasteiger partial charge >= 0.3 is 0 Å². The number of rotatable bonds is 2. The average molecular weight is 208 g/mol. The number of anilines is 1. The predicted octanol–water partition coefficient (Wildman–Crippen LogP) is 0.760. The maximum absolute atomic E-state index is 10.1. The van der Waals surface area contributed by atoms with Gasteiger partial charge < -0.3 is 21.3 Å². The average Bonchev–Trinajstić information content (AvgIpc) is 2.69. The van der Waals surface area contributed by atoms with Crippen molar-refractivity contribution in [3.05, 3.63) is 23.8 Å². The van der Waals surface area contributed by atoms with Crippen molar-refractivity contribution < 1.29 is 10.2 Å². The second kappa shape index (κ2) is 4.08. The van der Waals surface area contributed by atoms with Crippen LogP contribution < -0.4 is 11.1 Å². The van der Waals surface area contributed by atoms with Crippen molar-refractivity contribution in [2.75, 3.05) is 12.3 Å². The molecule has 0 amide bonds. The van der Waals surface area contributed by atoms with Gasteiger partial charge in [0.05, 0.1) is 6.10 Å². The minimum Gasteiger partial charge on any atom is -0.508 e. The normalized spacial score (nSPS) is 22.9. The van der Waals surface area contributed by atoms with Gasteiger partial charge in [-0.2, -0.15) is 0 Å². The number of phenolic OH excluding ortho intramolecular Hbond substituents is 1. The highest BCUT2D eigenvalue weighted by Gasteiger charge is 2.25. The molecule has 5 N–H and O–H groups in total. The smallest absolute Gasteiger partial charge is 0.117 e. The van der Waals surface area contributed by atoms with E-state index in [0.717, 1.165) is 19.4 Å². The van der Waals surface area contributed by atoms with Crippen LogP contribution in [0.25, 0.3) is 0 Å². The Morgan fingerprint density at radius 3 is 2.87 bits per heavy atom. The molecule has 0 aliphatic carbocycles. The molecule has 1 saturated heterocycles. The topological polar surface area (TPSA) is 78.5 Å². The van der Waals surface area contributed by atoms with Crippen molar-refractivity contribution in [1.82, 2.24) is 5.32 Å². The molecule has 0 aromatic heterocycles. The zero-order chi connectivity index (χ0) is 10.8. The second-order valence-corrected chi connectivity index (χ2v) is 3.96. The fourth-order valence-electron chi connectivity index (χ4n) is 2.03. The third-order valence-electron chi connectivity index (χ3n) is 2.87. The Kier molecular flexibility index (Phi) is 2.79. The summed E-state index contributed by atoms with van der Waals surface area (Å²) in [5.41, 5.74) is 6.87. The summed E-state index contributed by atoms with van der Waals surface area (Å²) in [4.78, 5) is 0. The molecule has 0 radical (unpaired) electrons. The molecular formula is C11H16N2O2. The lowest BCUT2D eigenvalue weighted by Gasteiger charge is -2.20. The lowest BCUT2D eigenvalue weighted by Crippen LogP contribution is -2.29. The van der Waals surface area contributed by atoms with E-state index >= 15 is 0 Å². The van der Waals surface area contributed by atoms with Crippen molar-refractivity contribution in [3.8, 4) is 5.75 Å². The molecule has 4 nitrogen and oxygen atoms in total. The molecule has 4 heteroatoms. The first-order valence-corrected chi connectivity index (χ1v) is 5.18. The Morgan fingerprint density at radius 2 is 2.27 bits per heavy atom. The van der Waals surface area contributed by atoms with E-state index in [1.807, 2.05) is 0 Å². The van der Waals surface area contributed by atoms with Crippen LogP contribution in [0.15, 0.2) is 18.2 Å². The molecule has 1 aliphatic rings. The van der Waals surface area contributed by atoms with Crippen LogP contribution in [0, 0.1) is 0 Å². The Morgan fingerprint density at radius 1 is 1.47 bits per heavy atom. The summed E-state index contributed by atoms with van der Waals surface area (Å²) in [6.07, 6.45) is 1.45. The zero-order valence-corrected chi connectivity index (χ0v) is 8.48. The van der Waals surface area contributed by atoms with Gasteiger partial charge in [0.15, 0.2) is 0 Å². The largest absolute Gasteiger partial charge is 0.508 e. The highest BCUT2D eigenvalue weighted by atomic mass is 16.3. The fourth-order valence-corrected chi connectivity index (χ4v) is 2.03. The minimum absolute atomic E-state index is 0.0804. The molecule has 2 rings (SSSR count). The first-order valence-electron chi connectivity index (χ1n) is 5.18. The van der Waals surface area contributed by atoms with Crippen LogP contribution in [0.1, 0.15) is 24.5 Å². The third-order valence-corrected chi connectivity index (χ3v) is 2.87. The van der Waals surface area contributed by atoms with Crippen molar-refractivity contribution in [2.45, 2.75) is 25.0 Å². The molecule has 82 valence electrons. The van der Waals surface area contributed by atoms with E-state index in [9.17, 15) is 10.2 Å². The Hall–Kier alpha value is -1.26. The zero-order valence-electron chi connectivity index (χ0n) is 8.48. The van der Waals surface area contributed by atoms with Gasteiger partial charge in [0.25, 0.3) is 0 Å². The van der Waals surface area contributed by atoms with Gasteiger partial charge in [-0.25, -0.2) is 0 Å². The highest BCUT2D eigenvalue weighted by Crippen LogP contribution is 2.29. The number of benzene rings is 1. The quantitative estimate of drug-likeness (QED) is 0.541. The molecule has 1 heterocycles. The van der Waals surface area contributed by atoms with E-state index in [1.165, 1.54) is 6.07 Å². The summed E-state index contributed by atoms with van der Waals surface area (Å²) in [7, 11) is 0. The molecule has 1 aromatic rings. The first-order chi connectivity index (χ1) is 7.18. The molecule has 1 aromatic carbocycles. The Labute approximate surface area is 88.7 Å². The number of nitrogens with two attached hydrogens (primary N) is 1. The second-order valence-electron chi connectivity index (χ2n) is 3.96. The van der Waals surface area contributed by atoms with E-state index in [4.69, 9.17) is 5.73 Å². The van der Waals surface area contributed by atoms with Crippen LogP contribution in [0.3, 0.4) is 0 Å². The summed E-state index contributed by atoms with van der Waals surface area (Å²) in [6.45, 7) is 0.944. The molecule has 15 heavy (non-hydrogen) atoms. The molecule has 0 saturated carbocycles. The van der Waals surface area contributed by atoms with Crippen LogP contribution in [-0.4, -0.2) is 22.8 Å². The molecule has 0 spiro atoms. The number of hydrogen-bond acceptors (Lipinski definition) is 4. The molecule has 0 bridgehead atoms. The Bertz CT molecular complexity index is 348. The van der Waals surface area contributed by atoms with Crippen molar-refractivity contribution in [1.29, 1.82) is 0 Å². The van der Waals surface area contributed by atoms with E-state index < -0.39 is 6.10 Å². The van der Waals surface area contributed by atoms with Crippen molar-refractivity contribution >= 4 is 5.69 Å². The van der Waals surface area contributed by atoms with E-state index in [1.54, 1.807) is 12.1 Å². The van der Waals surface area contributed by atoms with Gasteiger partial charge in [0, 0.05) is 23.4 Å². The van der Waals surface area contributed by atoms with E-state index in [2.05, 4.69) is 5.32 Å². The number of aromatic hydroxyl groups is 1. The highest BCUT2D eigenvalue weighted by molar-refractivity contribution is 5.52. The van der Waals surface area contributed by atoms with Crippen molar-refractivity contribution in [2.24, 2.45) is 0 Å². The van der Waals surface area contributed by atoms with E-state index in [0.29, 0.717) is 11.3 Å². The number of nitrogens with one attached hydrogen (secondary N) is 1. The summed E-state index contributed by atoms with van der Waals surface area (Å²) in [5, 5.41) is 22.5. The van der Waals surface area contributed by atoms with Gasteiger partial charge in [0.1, 0.15) is 5.75 Å². The lowest BCUT2D eigenvalue weighted by atomic mass is 9.99. The minimum atomic E-state index is -0.590. The first kappa shape index (κ1) is 10.3. The number of phenols is 1. The number of hydrogen-bond donors (Lipinski definition) is 4. The van der Waals surface area contributed by atoms with Gasteiger partial charge in [-0.15, -0.1) is 0 Å². The standard InChI is InChI=1S/C11H16N2O2/c12-9-6-7(14)3-4-8(9)11(15)10-2-1-5-13-10/h3-4,6,10-11,13-15H,1-2,5,12H2. The van der Waals surface area contributed by atoms with Gasteiger partial charge in [-0.3, -0.25) is 0 Å². The summed E-state index contributed by atoms with van der Waals surface area (Å²) in [5.74, 6) is 0.128. The summed E-state index contributed by atoms with van der Waals surface area (Å²) in [6, 6.07) is 4.77. The predicted molar refractivity (Wildman–Crippen MR) is 58.5 cm³/mol. The fraction of sp³-hybridized carbons (Fsp3) is 0.455. The SMILES string of the molecule is Nc1cc(O)ccc1C(O)C1CCCN1. The molecular weight excluding hydrogens is 192 g/mol. The van der Waals surface area contributed by atoms with Crippen LogP contribution in [0.5, 0.6) is 5.75 Å². The summed E-state index contributed by atoms with van der Waals surface area (Å²) >= 11 is 0. The van der Waals surface area contributed by atoms with Gasteiger partial charge in [0.2, 0.25) is 0 Å². The van der Waals surface area contributed by atoms with E-state index in [-0.39, 0.29) is 11.8 Å². The van der Waals surface area contributed by atoms with Crippen LogP contribution in [-0.2, 0) is 0 Å². The maximum Gasteiger partial charge on any atom is 0.117 e.